The number of fused-ring (bicyclic) bond motifs is 2. The van der Waals surface area contributed by atoms with E-state index < -0.39 is 22.9 Å². The van der Waals surface area contributed by atoms with Crippen molar-refractivity contribution in [1.82, 2.24) is 0 Å². The van der Waals surface area contributed by atoms with Gasteiger partial charge in [-0.3, -0.25) is 0 Å². The Hall–Kier alpha value is 0.320. The van der Waals surface area contributed by atoms with Gasteiger partial charge in [0.05, 0.1) is 0 Å². The fourth-order valence-electron chi connectivity index (χ4n) is 5.03. The van der Waals surface area contributed by atoms with Gasteiger partial charge >= 0.3 is 173 Å². The molecule has 0 aromatic heterocycles. The molecule has 0 radical (unpaired) electrons. The van der Waals surface area contributed by atoms with Crippen molar-refractivity contribution in [2.24, 2.45) is 11.8 Å². The topological polar surface area (TPSA) is 0 Å². The van der Waals surface area contributed by atoms with Gasteiger partial charge in [-0.1, -0.05) is 0 Å². The van der Waals surface area contributed by atoms with E-state index in [9.17, 15) is 0 Å². The van der Waals surface area contributed by atoms with Crippen LogP contribution in [0.2, 0.25) is 3.67 Å². The maximum atomic E-state index is 2.65. The Morgan fingerprint density at radius 2 is 1.68 bits per heavy atom. The first-order valence-electron chi connectivity index (χ1n) is 10.5. The summed E-state index contributed by atoms with van der Waals surface area (Å²) in [6.07, 6.45) is 20.8. The molecule has 0 heterocycles. The van der Waals surface area contributed by atoms with Crippen LogP contribution < -0.4 is 24.8 Å². The molecule has 150 valence electrons. The van der Waals surface area contributed by atoms with Crippen molar-refractivity contribution in [3.63, 3.8) is 0 Å². The van der Waals surface area contributed by atoms with Crippen LogP contribution in [0, 0.1) is 11.8 Å². The van der Waals surface area contributed by atoms with E-state index in [2.05, 4.69) is 68.5 Å². The molecule has 0 N–H and O–H groups in total. The van der Waals surface area contributed by atoms with Crippen LogP contribution in [0.4, 0.5) is 0 Å². The van der Waals surface area contributed by atoms with Crippen LogP contribution in [0.25, 0.3) is 6.08 Å². The fraction of sp³-hybridized carbons (Fsp3) is 0.500. The van der Waals surface area contributed by atoms with Crippen molar-refractivity contribution in [2.45, 2.75) is 46.9 Å². The predicted octanol–water partition coefficient (Wildman–Crippen LogP) is 1.42. The molecule has 0 saturated heterocycles. The molecule has 1 saturated carbocycles. The van der Waals surface area contributed by atoms with Crippen LogP contribution in [0.3, 0.4) is 0 Å². The van der Waals surface area contributed by atoms with Crippen molar-refractivity contribution in [1.29, 1.82) is 0 Å². The minimum atomic E-state index is -0.788. The van der Waals surface area contributed by atoms with Crippen molar-refractivity contribution in [2.75, 3.05) is 12.3 Å². The van der Waals surface area contributed by atoms with Gasteiger partial charge in [0.2, 0.25) is 0 Å². The molecule has 4 atom stereocenters. The first kappa shape index (κ1) is 24.6. The molecule has 0 spiro atoms. The Morgan fingerprint density at radius 1 is 0.964 bits per heavy atom. The second kappa shape index (κ2) is 11.6. The molecule has 0 amide bonds. The van der Waals surface area contributed by atoms with Gasteiger partial charge < -0.3 is 24.8 Å². The SMILES string of the molecule is CCCP(CCC)C1=Cc2ccccc2[CH]1[Hf+2][CH]1CCC2C=CC=CC21.[Cl-].[Cl-]. The first-order chi connectivity index (χ1) is 12.8. The zero-order chi connectivity index (χ0) is 17.9. The largest absolute Gasteiger partial charge is 1.00 e. The second-order valence-corrected chi connectivity index (χ2v) is 16.4. The maximum Gasteiger partial charge on any atom is -1.00 e. The van der Waals surface area contributed by atoms with Gasteiger partial charge in [-0.05, 0) is 0 Å². The van der Waals surface area contributed by atoms with E-state index in [0.29, 0.717) is 0 Å². The van der Waals surface area contributed by atoms with Crippen molar-refractivity contribution in [3.8, 4) is 0 Å². The summed E-state index contributed by atoms with van der Waals surface area (Å²) in [5.41, 5.74) is 3.28. The van der Waals surface area contributed by atoms with Crippen LogP contribution >= 0.6 is 7.92 Å². The van der Waals surface area contributed by atoms with E-state index in [-0.39, 0.29) is 32.7 Å². The Kier molecular flexibility index (Phi) is 10.2. The number of hydrogen-bond donors (Lipinski definition) is 0. The zero-order valence-electron chi connectivity index (χ0n) is 17.0. The van der Waals surface area contributed by atoms with E-state index >= 15 is 0 Å². The molecular formula is C24H31Cl2HfP. The molecule has 4 rings (SSSR count). The maximum absolute atomic E-state index is 2.65. The fourth-order valence-corrected chi connectivity index (χ4v) is 17.6. The monoisotopic (exact) mass is 600 g/mol. The van der Waals surface area contributed by atoms with Crippen molar-refractivity contribution in [3.05, 3.63) is 65.0 Å². The Bertz CT molecular complexity index is 721. The quantitative estimate of drug-likeness (QED) is 0.329. The molecule has 3 aliphatic rings. The Labute approximate surface area is 196 Å². The van der Waals surface area contributed by atoms with Gasteiger partial charge in [0.25, 0.3) is 0 Å². The van der Waals surface area contributed by atoms with Crippen LogP contribution in [0.5, 0.6) is 0 Å². The van der Waals surface area contributed by atoms with Gasteiger partial charge in [0.1, 0.15) is 0 Å². The van der Waals surface area contributed by atoms with E-state index in [4.69, 9.17) is 0 Å². The summed E-state index contributed by atoms with van der Waals surface area (Å²) in [6.45, 7) is 4.76. The third-order valence-corrected chi connectivity index (χ3v) is 17.6. The molecule has 1 aromatic carbocycles. The van der Waals surface area contributed by atoms with Gasteiger partial charge in [-0.2, -0.15) is 0 Å². The van der Waals surface area contributed by atoms with Gasteiger partial charge in [-0.15, -0.1) is 0 Å². The van der Waals surface area contributed by atoms with Crippen LogP contribution in [-0.4, -0.2) is 12.3 Å². The zero-order valence-corrected chi connectivity index (χ0v) is 23.0. The van der Waals surface area contributed by atoms with Gasteiger partial charge in [0, 0.05) is 0 Å². The average molecular weight is 600 g/mol. The molecule has 0 nitrogen and oxygen atoms in total. The van der Waals surface area contributed by atoms with Gasteiger partial charge in [0.15, 0.2) is 0 Å². The summed E-state index contributed by atoms with van der Waals surface area (Å²) in [7, 11) is 0.0906. The molecule has 4 heteroatoms. The van der Waals surface area contributed by atoms with Gasteiger partial charge in [-0.25, -0.2) is 0 Å². The first-order valence-corrected chi connectivity index (χ1v) is 16.3. The van der Waals surface area contributed by atoms with Crippen molar-refractivity contribution < 1.29 is 47.7 Å². The molecular weight excluding hydrogens is 569 g/mol. The minimum Gasteiger partial charge on any atom is -1.00 e. The molecule has 4 unspecified atom stereocenters. The molecule has 3 aliphatic carbocycles. The summed E-state index contributed by atoms with van der Waals surface area (Å²) in [5.74, 6) is 1.73. The summed E-state index contributed by atoms with van der Waals surface area (Å²) in [4.78, 5) is 0. The summed E-state index contributed by atoms with van der Waals surface area (Å²) >= 11 is -0.788. The molecule has 28 heavy (non-hydrogen) atoms. The summed E-state index contributed by atoms with van der Waals surface area (Å²) in [6, 6.07) is 9.37. The third-order valence-electron chi connectivity index (χ3n) is 6.21. The average Bonchev–Trinajstić information content (AvgIpc) is 3.24. The Balaban J connectivity index is 0.00000140. The van der Waals surface area contributed by atoms with E-state index in [1.165, 1.54) is 38.0 Å². The van der Waals surface area contributed by atoms with Crippen molar-refractivity contribution >= 4 is 14.0 Å². The van der Waals surface area contributed by atoms with Crippen LogP contribution in [0.1, 0.15) is 54.3 Å². The smallest absolute Gasteiger partial charge is 1.00 e. The minimum absolute atomic E-state index is 0. The molecule has 0 bridgehead atoms. The second-order valence-electron chi connectivity index (χ2n) is 7.98. The number of halogens is 2. The molecule has 0 aliphatic heterocycles. The third kappa shape index (κ3) is 5.14. The van der Waals surface area contributed by atoms with Crippen LogP contribution in [0.15, 0.2) is 53.9 Å². The molecule has 1 aromatic rings. The normalized spacial score (nSPS) is 26.8. The molecule has 1 fully saturated rings. The number of benzene rings is 1. The standard InChI is InChI=1S/C15H20P.C9H11.2ClH.Hf/c1-3-9-16(10-4-2)15-11-13-7-5-6-8-14(13)12-15;1-2-5-9-7-3-6-8(9)4-1;;;/h5-8,11-12H,3-4,9-10H2,1-2H3;1-2,4-6,8-9H,3,7H2;2*1H;/q;;;;+2/p-2. The van der Waals surface area contributed by atoms with E-state index in [1.807, 2.05) is 5.31 Å². The number of hydrogen-bond acceptors (Lipinski definition) is 0. The van der Waals surface area contributed by atoms with Crippen LogP contribution in [-0.2, 0) is 22.9 Å². The summed E-state index contributed by atoms with van der Waals surface area (Å²) in [5, 5.41) is 1.91. The number of allylic oxidation sites excluding steroid dienone is 5. The number of rotatable bonds is 7. The van der Waals surface area contributed by atoms with E-state index in [1.54, 1.807) is 11.1 Å². The van der Waals surface area contributed by atoms with E-state index in [0.717, 1.165) is 19.2 Å². The summed E-state index contributed by atoms with van der Waals surface area (Å²) < 4.78 is 1.94. The Morgan fingerprint density at radius 3 is 2.43 bits per heavy atom. The predicted molar refractivity (Wildman–Crippen MR) is 113 cm³/mol.